The summed E-state index contributed by atoms with van der Waals surface area (Å²) in [6, 6.07) is 14.1. The standard InChI is InChI=1S/C18H17N5O3S2/c1-26-14-9-5-4-8-13(14)21-17-22-23-18(28-17)27-10-15(24)20-12-7-3-2-6-11(12)16(19)25/h2-9H,10H2,1H3,(H2,19,25)(H,20,24)(H,21,22). The number of ether oxygens (including phenoxy) is 1. The van der Waals surface area contributed by atoms with Crippen LogP contribution in [0.2, 0.25) is 0 Å². The first-order valence-corrected chi connectivity index (χ1v) is 9.92. The van der Waals surface area contributed by atoms with Gasteiger partial charge in [-0.15, -0.1) is 10.2 Å². The molecule has 0 aliphatic heterocycles. The third-order valence-electron chi connectivity index (χ3n) is 3.55. The predicted octanol–water partition coefficient (Wildman–Crippen LogP) is 3.12. The summed E-state index contributed by atoms with van der Waals surface area (Å²) >= 11 is 2.57. The molecule has 0 saturated heterocycles. The largest absolute Gasteiger partial charge is 0.495 e. The van der Waals surface area contributed by atoms with Gasteiger partial charge in [-0.05, 0) is 24.3 Å². The van der Waals surface area contributed by atoms with Crippen molar-refractivity contribution in [2.75, 3.05) is 23.5 Å². The zero-order valence-electron chi connectivity index (χ0n) is 14.8. The molecule has 4 N–H and O–H groups in total. The van der Waals surface area contributed by atoms with Crippen molar-refractivity contribution in [3.63, 3.8) is 0 Å². The number of rotatable bonds is 8. The molecular formula is C18H17N5O3S2. The summed E-state index contributed by atoms with van der Waals surface area (Å²) in [5, 5.41) is 14.6. The molecule has 0 aliphatic carbocycles. The number of aromatic nitrogens is 2. The van der Waals surface area contributed by atoms with E-state index in [0.717, 1.165) is 5.69 Å². The first kappa shape index (κ1) is 19.6. The Labute approximate surface area is 169 Å². The number of para-hydroxylation sites is 3. The van der Waals surface area contributed by atoms with Gasteiger partial charge in [0.25, 0.3) is 5.91 Å². The van der Waals surface area contributed by atoms with Crippen molar-refractivity contribution in [2.24, 2.45) is 5.73 Å². The number of thioether (sulfide) groups is 1. The topological polar surface area (TPSA) is 119 Å². The van der Waals surface area contributed by atoms with Gasteiger partial charge in [0.15, 0.2) is 4.34 Å². The van der Waals surface area contributed by atoms with Crippen LogP contribution < -0.4 is 21.1 Å². The number of hydrogen-bond donors (Lipinski definition) is 3. The lowest BCUT2D eigenvalue weighted by Crippen LogP contribution is -2.19. The lowest BCUT2D eigenvalue weighted by molar-refractivity contribution is -0.113. The van der Waals surface area contributed by atoms with Gasteiger partial charge in [0, 0.05) is 0 Å². The van der Waals surface area contributed by atoms with E-state index >= 15 is 0 Å². The van der Waals surface area contributed by atoms with Gasteiger partial charge >= 0.3 is 0 Å². The molecule has 0 unspecified atom stereocenters. The van der Waals surface area contributed by atoms with Crippen molar-refractivity contribution < 1.29 is 14.3 Å². The minimum absolute atomic E-state index is 0.121. The van der Waals surface area contributed by atoms with Crippen LogP contribution in [-0.2, 0) is 4.79 Å². The number of methoxy groups -OCH3 is 1. The van der Waals surface area contributed by atoms with Crippen molar-refractivity contribution in [1.29, 1.82) is 0 Å². The van der Waals surface area contributed by atoms with Crippen LogP contribution in [0.1, 0.15) is 10.4 Å². The third-order valence-corrected chi connectivity index (χ3v) is 5.52. The zero-order valence-corrected chi connectivity index (χ0v) is 16.5. The van der Waals surface area contributed by atoms with Gasteiger partial charge in [0.05, 0.1) is 29.8 Å². The van der Waals surface area contributed by atoms with Gasteiger partial charge in [0.1, 0.15) is 5.75 Å². The molecule has 10 heteroatoms. The number of nitrogens with one attached hydrogen (secondary N) is 2. The maximum Gasteiger partial charge on any atom is 0.250 e. The number of nitrogens with two attached hydrogens (primary N) is 1. The first-order valence-electron chi connectivity index (χ1n) is 8.12. The highest BCUT2D eigenvalue weighted by atomic mass is 32.2. The fraction of sp³-hybridized carbons (Fsp3) is 0.111. The van der Waals surface area contributed by atoms with Gasteiger partial charge in [-0.25, -0.2) is 0 Å². The first-order chi connectivity index (χ1) is 13.6. The van der Waals surface area contributed by atoms with E-state index in [1.807, 2.05) is 24.3 Å². The van der Waals surface area contributed by atoms with Crippen LogP contribution in [0.3, 0.4) is 0 Å². The highest BCUT2D eigenvalue weighted by molar-refractivity contribution is 8.01. The minimum Gasteiger partial charge on any atom is -0.495 e. The second-order valence-electron chi connectivity index (χ2n) is 5.45. The number of primary amides is 1. The van der Waals surface area contributed by atoms with E-state index < -0.39 is 5.91 Å². The molecule has 2 amide bonds. The summed E-state index contributed by atoms with van der Waals surface area (Å²) in [7, 11) is 1.59. The maximum absolute atomic E-state index is 12.2. The SMILES string of the molecule is COc1ccccc1Nc1nnc(SCC(=O)Nc2ccccc2C(N)=O)s1. The van der Waals surface area contributed by atoms with E-state index in [-0.39, 0.29) is 17.2 Å². The summed E-state index contributed by atoms with van der Waals surface area (Å²) in [5.41, 5.74) is 6.74. The van der Waals surface area contributed by atoms with Crippen LogP contribution in [0, 0.1) is 0 Å². The van der Waals surface area contributed by atoms with E-state index in [4.69, 9.17) is 10.5 Å². The molecule has 2 aromatic carbocycles. The maximum atomic E-state index is 12.2. The van der Waals surface area contributed by atoms with Crippen molar-refractivity contribution in [3.05, 3.63) is 54.1 Å². The van der Waals surface area contributed by atoms with E-state index in [2.05, 4.69) is 20.8 Å². The number of amides is 2. The van der Waals surface area contributed by atoms with E-state index in [1.165, 1.54) is 23.1 Å². The molecule has 0 fully saturated rings. The van der Waals surface area contributed by atoms with Crippen LogP contribution in [0.25, 0.3) is 0 Å². The molecule has 3 aromatic rings. The van der Waals surface area contributed by atoms with Gasteiger partial charge in [-0.3, -0.25) is 9.59 Å². The molecule has 1 heterocycles. The molecular weight excluding hydrogens is 398 g/mol. The van der Waals surface area contributed by atoms with Crippen molar-refractivity contribution >= 4 is 51.4 Å². The third kappa shape index (κ3) is 4.99. The molecule has 0 atom stereocenters. The Kier molecular flexibility index (Phi) is 6.45. The Morgan fingerprint density at radius 1 is 1.11 bits per heavy atom. The Bertz CT molecular complexity index is 993. The van der Waals surface area contributed by atoms with Crippen molar-refractivity contribution in [3.8, 4) is 5.75 Å². The van der Waals surface area contributed by atoms with Gasteiger partial charge in [0.2, 0.25) is 11.0 Å². The Hall–Kier alpha value is -3.11. The summed E-state index contributed by atoms with van der Waals surface area (Å²) in [6.45, 7) is 0. The molecule has 144 valence electrons. The molecule has 1 aromatic heterocycles. The van der Waals surface area contributed by atoms with E-state index in [0.29, 0.717) is 20.9 Å². The summed E-state index contributed by atoms with van der Waals surface area (Å²) < 4.78 is 5.92. The van der Waals surface area contributed by atoms with Crippen LogP contribution in [0.15, 0.2) is 52.9 Å². The molecule has 0 aliphatic rings. The zero-order chi connectivity index (χ0) is 19.9. The second kappa shape index (κ2) is 9.20. The van der Waals surface area contributed by atoms with Gasteiger partial charge < -0.3 is 21.1 Å². The number of carbonyl (C=O) groups is 2. The molecule has 0 saturated carbocycles. The molecule has 8 nitrogen and oxygen atoms in total. The monoisotopic (exact) mass is 415 g/mol. The smallest absolute Gasteiger partial charge is 0.250 e. The second-order valence-corrected chi connectivity index (χ2v) is 7.65. The lowest BCUT2D eigenvalue weighted by atomic mass is 10.1. The van der Waals surface area contributed by atoms with Crippen LogP contribution >= 0.6 is 23.1 Å². The normalized spacial score (nSPS) is 10.3. The average molecular weight is 416 g/mol. The minimum atomic E-state index is -0.597. The molecule has 0 spiro atoms. The Morgan fingerprint density at radius 2 is 1.82 bits per heavy atom. The lowest BCUT2D eigenvalue weighted by Gasteiger charge is -2.08. The highest BCUT2D eigenvalue weighted by Crippen LogP contribution is 2.31. The fourth-order valence-electron chi connectivity index (χ4n) is 2.30. The quantitative estimate of drug-likeness (QED) is 0.484. The number of anilines is 3. The van der Waals surface area contributed by atoms with E-state index in [1.54, 1.807) is 31.4 Å². The van der Waals surface area contributed by atoms with Gasteiger partial charge in [-0.1, -0.05) is 47.4 Å². The summed E-state index contributed by atoms with van der Waals surface area (Å²) in [5.74, 6) is -0.0524. The highest BCUT2D eigenvalue weighted by Gasteiger charge is 2.13. The fourth-order valence-corrected chi connectivity index (χ4v) is 3.87. The van der Waals surface area contributed by atoms with Crippen molar-refractivity contribution in [2.45, 2.75) is 4.34 Å². The number of hydrogen-bond acceptors (Lipinski definition) is 8. The predicted molar refractivity (Wildman–Crippen MR) is 110 cm³/mol. The summed E-state index contributed by atoms with van der Waals surface area (Å²) in [4.78, 5) is 23.6. The molecule has 0 bridgehead atoms. The Balaban J connectivity index is 1.57. The number of benzene rings is 2. The number of carbonyl (C=O) groups excluding carboxylic acids is 2. The molecule has 28 heavy (non-hydrogen) atoms. The Morgan fingerprint density at radius 3 is 2.57 bits per heavy atom. The van der Waals surface area contributed by atoms with Crippen molar-refractivity contribution in [1.82, 2.24) is 10.2 Å². The van der Waals surface area contributed by atoms with Crippen LogP contribution in [0.4, 0.5) is 16.5 Å². The summed E-state index contributed by atoms with van der Waals surface area (Å²) in [6.07, 6.45) is 0. The number of nitrogens with zero attached hydrogens (tertiary/aromatic N) is 2. The molecule has 0 radical (unpaired) electrons. The average Bonchev–Trinajstić information content (AvgIpc) is 3.14. The molecule has 3 rings (SSSR count). The van der Waals surface area contributed by atoms with Crippen LogP contribution in [0.5, 0.6) is 5.75 Å². The van der Waals surface area contributed by atoms with E-state index in [9.17, 15) is 9.59 Å². The van der Waals surface area contributed by atoms with Gasteiger partial charge in [-0.2, -0.15) is 0 Å². The van der Waals surface area contributed by atoms with Crippen LogP contribution in [-0.4, -0.2) is 34.9 Å².